The third-order valence-corrected chi connectivity index (χ3v) is 3.41. The summed E-state index contributed by atoms with van der Waals surface area (Å²) in [5.41, 5.74) is 0. The van der Waals surface area contributed by atoms with Gasteiger partial charge in [-0.1, -0.05) is 17.7 Å². The second-order valence-electron chi connectivity index (χ2n) is 2.96. The minimum Gasteiger partial charge on any atom is -0.492 e. The lowest BCUT2D eigenvalue weighted by molar-refractivity contribution is 0.325. The maximum atomic E-state index is 11.0. The van der Waals surface area contributed by atoms with E-state index in [-0.39, 0.29) is 9.92 Å². The molecule has 0 bridgehead atoms. The molecule has 0 saturated carbocycles. The molecule has 1 rings (SSSR count). The highest BCUT2D eigenvalue weighted by atomic mass is 35.7. The number of hydrogen-bond donors (Lipinski definition) is 0. The van der Waals surface area contributed by atoms with Crippen molar-refractivity contribution in [2.24, 2.45) is 0 Å². The normalized spacial score (nSPS) is 11.1. The van der Waals surface area contributed by atoms with Gasteiger partial charge >= 0.3 is 0 Å². The van der Waals surface area contributed by atoms with Crippen LogP contribution >= 0.6 is 22.3 Å². The van der Waals surface area contributed by atoms with E-state index in [1.165, 1.54) is 18.2 Å². The highest BCUT2D eigenvalue weighted by Gasteiger charge is 2.12. The average molecular weight is 281 g/mol. The van der Waals surface area contributed by atoms with Gasteiger partial charge in [-0.05, 0) is 24.6 Å². The summed E-state index contributed by atoms with van der Waals surface area (Å²) in [5.74, 6) is 0.424. The summed E-state index contributed by atoms with van der Waals surface area (Å²) in [7, 11) is 1.42. The van der Waals surface area contributed by atoms with E-state index in [4.69, 9.17) is 27.0 Å². The molecule has 16 heavy (non-hydrogen) atoms. The molecule has 3 nitrogen and oxygen atoms in total. The standard InChI is InChI=1S/C10H10Cl2O3S/c1-2-3-6-15-10-5-4-8(7-9(10)11)16(12,13)14/h2,4-5,7H,1,3,6H2. The van der Waals surface area contributed by atoms with Crippen molar-refractivity contribution in [1.29, 1.82) is 0 Å². The molecule has 0 atom stereocenters. The summed E-state index contributed by atoms with van der Waals surface area (Å²) >= 11 is 5.84. The Labute approximate surface area is 104 Å². The first-order valence-electron chi connectivity index (χ1n) is 4.43. The van der Waals surface area contributed by atoms with Crippen LogP contribution in [0.25, 0.3) is 0 Å². The van der Waals surface area contributed by atoms with Crippen molar-refractivity contribution in [2.45, 2.75) is 11.3 Å². The van der Waals surface area contributed by atoms with Gasteiger partial charge in [-0.2, -0.15) is 0 Å². The molecule has 1 aromatic carbocycles. The van der Waals surface area contributed by atoms with E-state index in [1.54, 1.807) is 6.08 Å². The molecule has 6 heteroatoms. The smallest absolute Gasteiger partial charge is 0.261 e. The van der Waals surface area contributed by atoms with Gasteiger partial charge in [-0.25, -0.2) is 8.42 Å². The van der Waals surface area contributed by atoms with Crippen LogP contribution in [-0.2, 0) is 9.05 Å². The molecule has 0 spiro atoms. The van der Waals surface area contributed by atoms with Gasteiger partial charge in [0.25, 0.3) is 9.05 Å². The Hall–Kier alpha value is -0.710. The summed E-state index contributed by atoms with van der Waals surface area (Å²) < 4.78 is 27.3. The lowest BCUT2D eigenvalue weighted by Crippen LogP contribution is -1.97. The Morgan fingerprint density at radius 2 is 2.12 bits per heavy atom. The Balaban J connectivity index is 2.88. The van der Waals surface area contributed by atoms with Crippen molar-refractivity contribution < 1.29 is 13.2 Å². The molecule has 0 fully saturated rings. The van der Waals surface area contributed by atoms with E-state index in [0.29, 0.717) is 18.8 Å². The highest BCUT2D eigenvalue weighted by molar-refractivity contribution is 8.13. The Morgan fingerprint density at radius 3 is 2.62 bits per heavy atom. The van der Waals surface area contributed by atoms with Crippen LogP contribution in [0.3, 0.4) is 0 Å². The Kier molecular flexibility index (Phi) is 4.65. The van der Waals surface area contributed by atoms with Crippen LogP contribution < -0.4 is 4.74 Å². The van der Waals surface area contributed by atoms with E-state index in [1.807, 2.05) is 0 Å². The summed E-state index contributed by atoms with van der Waals surface area (Å²) in [5, 5.41) is 0.214. The second-order valence-corrected chi connectivity index (χ2v) is 5.93. The fourth-order valence-corrected chi connectivity index (χ4v) is 2.08. The molecule has 0 aliphatic rings. The van der Waals surface area contributed by atoms with Crippen LogP contribution in [0.4, 0.5) is 0 Å². The van der Waals surface area contributed by atoms with Crippen molar-refractivity contribution in [3.63, 3.8) is 0 Å². The van der Waals surface area contributed by atoms with E-state index in [2.05, 4.69) is 6.58 Å². The third kappa shape index (κ3) is 3.70. The van der Waals surface area contributed by atoms with Crippen LogP contribution in [0, 0.1) is 0 Å². The van der Waals surface area contributed by atoms with Gasteiger partial charge < -0.3 is 4.74 Å². The minimum absolute atomic E-state index is 0.0461. The fourth-order valence-electron chi connectivity index (χ4n) is 1.00. The summed E-state index contributed by atoms with van der Waals surface area (Å²) in [4.78, 5) is -0.0461. The quantitative estimate of drug-likeness (QED) is 0.473. The number of benzene rings is 1. The zero-order valence-electron chi connectivity index (χ0n) is 8.32. The molecule has 0 N–H and O–H groups in total. The SMILES string of the molecule is C=CCCOc1ccc(S(=O)(=O)Cl)cc1Cl. The largest absolute Gasteiger partial charge is 0.492 e. The lowest BCUT2D eigenvalue weighted by Gasteiger charge is -2.07. The summed E-state index contributed by atoms with van der Waals surface area (Å²) in [6.07, 6.45) is 2.40. The Bertz CT molecular complexity index is 483. The molecule has 88 valence electrons. The first-order valence-corrected chi connectivity index (χ1v) is 7.12. The zero-order valence-corrected chi connectivity index (χ0v) is 10.6. The monoisotopic (exact) mass is 280 g/mol. The molecule has 0 amide bonds. The van der Waals surface area contributed by atoms with Crippen LogP contribution in [0.15, 0.2) is 35.7 Å². The van der Waals surface area contributed by atoms with Crippen LogP contribution in [-0.4, -0.2) is 15.0 Å². The van der Waals surface area contributed by atoms with Gasteiger partial charge in [0.15, 0.2) is 0 Å². The summed E-state index contributed by atoms with van der Waals surface area (Å²) in [6, 6.07) is 4.07. The van der Waals surface area contributed by atoms with Crippen molar-refractivity contribution in [3.05, 3.63) is 35.9 Å². The number of ether oxygens (including phenoxy) is 1. The summed E-state index contributed by atoms with van der Waals surface area (Å²) in [6.45, 7) is 3.99. The molecule has 0 saturated heterocycles. The van der Waals surface area contributed by atoms with Crippen molar-refractivity contribution >= 4 is 31.3 Å². The van der Waals surface area contributed by atoms with Crippen LogP contribution in [0.5, 0.6) is 5.75 Å². The zero-order chi connectivity index (χ0) is 12.2. The predicted octanol–water partition coefficient (Wildman–Crippen LogP) is 3.22. The maximum Gasteiger partial charge on any atom is 0.261 e. The molecule has 0 unspecified atom stereocenters. The Morgan fingerprint density at radius 1 is 1.44 bits per heavy atom. The van der Waals surface area contributed by atoms with Crippen LogP contribution in [0.1, 0.15) is 6.42 Å². The predicted molar refractivity (Wildman–Crippen MR) is 64.8 cm³/mol. The molecule has 0 heterocycles. The van der Waals surface area contributed by atoms with Crippen molar-refractivity contribution in [1.82, 2.24) is 0 Å². The molecule has 0 aromatic heterocycles. The van der Waals surface area contributed by atoms with Gasteiger partial charge in [0.1, 0.15) is 5.75 Å². The molecule has 1 aromatic rings. The molecular formula is C10H10Cl2O3S. The van der Waals surface area contributed by atoms with Gasteiger partial charge in [0.05, 0.1) is 16.5 Å². The maximum absolute atomic E-state index is 11.0. The molecule has 0 radical (unpaired) electrons. The second kappa shape index (κ2) is 5.57. The van der Waals surface area contributed by atoms with Crippen molar-refractivity contribution in [2.75, 3.05) is 6.61 Å². The van der Waals surface area contributed by atoms with E-state index in [9.17, 15) is 8.42 Å². The van der Waals surface area contributed by atoms with Gasteiger partial charge in [0, 0.05) is 10.7 Å². The fraction of sp³-hybridized carbons (Fsp3) is 0.200. The first-order chi connectivity index (χ1) is 7.45. The van der Waals surface area contributed by atoms with E-state index < -0.39 is 9.05 Å². The topological polar surface area (TPSA) is 43.4 Å². The third-order valence-electron chi connectivity index (χ3n) is 1.76. The number of rotatable bonds is 5. The molecular weight excluding hydrogens is 271 g/mol. The first kappa shape index (κ1) is 13.4. The number of hydrogen-bond acceptors (Lipinski definition) is 3. The lowest BCUT2D eigenvalue weighted by atomic mass is 10.3. The molecule has 0 aliphatic heterocycles. The van der Waals surface area contributed by atoms with Crippen LogP contribution in [0.2, 0.25) is 5.02 Å². The highest BCUT2D eigenvalue weighted by Crippen LogP contribution is 2.28. The molecule has 0 aliphatic carbocycles. The van der Waals surface area contributed by atoms with Gasteiger partial charge in [-0.15, -0.1) is 6.58 Å². The minimum atomic E-state index is -3.75. The van der Waals surface area contributed by atoms with Gasteiger partial charge in [0.2, 0.25) is 0 Å². The van der Waals surface area contributed by atoms with E-state index >= 15 is 0 Å². The van der Waals surface area contributed by atoms with E-state index in [0.717, 1.165) is 0 Å². The van der Waals surface area contributed by atoms with Gasteiger partial charge in [-0.3, -0.25) is 0 Å². The van der Waals surface area contributed by atoms with Crippen molar-refractivity contribution in [3.8, 4) is 5.75 Å². The number of halogens is 2. The average Bonchev–Trinajstić information content (AvgIpc) is 2.19.